The third kappa shape index (κ3) is 2.69. The lowest BCUT2D eigenvalue weighted by Gasteiger charge is -2.05. The monoisotopic (exact) mass is 237 g/mol. The summed E-state index contributed by atoms with van der Waals surface area (Å²) in [5.41, 5.74) is 6.48. The molecule has 0 saturated carbocycles. The molecule has 0 aliphatic carbocycles. The van der Waals surface area contributed by atoms with Crippen LogP contribution < -0.4 is 5.73 Å². The summed E-state index contributed by atoms with van der Waals surface area (Å²) in [6.07, 6.45) is 1.80. The highest BCUT2D eigenvalue weighted by molar-refractivity contribution is 5.44. The summed E-state index contributed by atoms with van der Waals surface area (Å²) in [4.78, 5) is 4.19. The Hall–Kier alpha value is -1.73. The largest absolute Gasteiger partial charge is 0.380 e. The zero-order valence-electron chi connectivity index (χ0n) is 9.83. The number of nitrogens with zero attached hydrogens (tertiary/aromatic N) is 4. The average molecular weight is 237 g/mol. The lowest BCUT2D eigenvalue weighted by molar-refractivity contribution is 0.130. The third-order valence-electron chi connectivity index (χ3n) is 2.21. The van der Waals surface area contributed by atoms with Gasteiger partial charge in [-0.25, -0.2) is 0 Å². The normalized spacial score (nSPS) is 12.9. The minimum atomic E-state index is -0.379. The van der Waals surface area contributed by atoms with Crippen molar-refractivity contribution < 1.29 is 9.26 Å². The maximum Gasteiger partial charge on any atom is 0.278 e. The van der Waals surface area contributed by atoms with Crippen molar-refractivity contribution in [2.24, 2.45) is 12.8 Å². The molecule has 0 aliphatic heterocycles. The standard InChI is InChI=1S/C10H15N5O2/c1-3-16-6-7(11)9-12-10(17-14-9)8-4-5-15(2)13-8/h4-5,7H,3,6,11H2,1-2H3. The van der Waals surface area contributed by atoms with Crippen molar-refractivity contribution in [1.29, 1.82) is 0 Å². The van der Waals surface area contributed by atoms with Crippen LogP contribution in [0.1, 0.15) is 18.8 Å². The van der Waals surface area contributed by atoms with Gasteiger partial charge in [0.2, 0.25) is 0 Å². The van der Waals surface area contributed by atoms with E-state index < -0.39 is 0 Å². The Morgan fingerprint density at radius 2 is 2.41 bits per heavy atom. The number of hydrogen-bond acceptors (Lipinski definition) is 6. The average Bonchev–Trinajstić information content (AvgIpc) is 2.93. The van der Waals surface area contributed by atoms with E-state index in [0.717, 1.165) is 0 Å². The topological polar surface area (TPSA) is 92.0 Å². The number of ether oxygens (including phenoxy) is 1. The predicted molar refractivity (Wildman–Crippen MR) is 59.9 cm³/mol. The molecule has 1 unspecified atom stereocenters. The summed E-state index contributed by atoms with van der Waals surface area (Å²) >= 11 is 0. The summed E-state index contributed by atoms with van der Waals surface area (Å²) in [6.45, 7) is 2.89. The molecule has 2 aromatic heterocycles. The first-order chi connectivity index (χ1) is 8.20. The van der Waals surface area contributed by atoms with Crippen molar-refractivity contribution in [3.8, 4) is 11.6 Å². The summed E-state index contributed by atoms with van der Waals surface area (Å²) in [5, 5.41) is 7.98. The van der Waals surface area contributed by atoms with Crippen LogP contribution in [0.25, 0.3) is 11.6 Å². The van der Waals surface area contributed by atoms with Gasteiger partial charge in [0.05, 0.1) is 12.6 Å². The summed E-state index contributed by atoms with van der Waals surface area (Å²) in [5.74, 6) is 0.798. The quantitative estimate of drug-likeness (QED) is 0.814. The van der Waals surface area contributed by atoms with Gasteiger partial charge in [-0.05, 0) is 13.0 Å². The zero-order chi connectivity index (χ0) is 12.3. The Balaban J connectivity index is 2.10. The molecule has 2 aromatic rings. The highest BCUT2D eigenvalue weighted by Gasteiger charge is 2.16. The van der Waals surface area contributed by atoms with Crippen molar-refractivity contribution in [2.75, 3.05) is 13.2 Å². The van der Waals surface area contributed by atoms with Crippen molar-refractivity contribution in [2.45, 2.75) is 13.0 Å². The molecule has 0 fully saturated rings. The Bertz CT molecular complexity index is 479. The van der Waals surface area contributed by atoms with E-state index in [1.807, 2.05) is 14.0 Å². The molecule has 0 bridgehead atoms. The van der Waals surface area contributed by atoms with Crippen LogP contribution in [-0.2, 0) is 11.8 Å². The first kappa shape index (κ1) is 11.7. The van der Waals surface area contributed by atoms with Crippen LogP contribution in [0.5, 0.6) is 0 Å². The summed E-state index contributed by atoms with van der Waals surface area (Å²) in [6, 6.07) is 1.42. The molecule has 7 nitrogen and oxygen atoms in total. The maximum absolute atomic E-state index is 5.84. The molecule has 1 atom stereocenters. The molecule has 2 heterocycles. The minimum absolute atomic E-state index is 0.368. The highest BCUT2D eigenvalue weighted by atomic mass is 16.5. The van der Waals surface area contributed by atoms with Crippen molar-refractivity contribution >= 4 is 0 Å². The van der Waals surface area contributed by atoms with E-state index in [1.165, 1.54) is 0 Å². The summed E-state index contributed by atoms with van der Waals surface area (Å²) in [7, 11) is 1.82. The van der Waals surface area contributed by atoms with Gasteiger partial charge in [-0.2, -0.15) is 10.1 Å². The van der Waals surface area contributed by atoms with E-state index in [2.05, 4.69) is 15.2 Å². The van der Waals surface area contributed by atoms with Gasteiger partial charge in [-0.1, -0.05) is 5.16 Å². The molecule has 0 aliphatic rings. The van der Waals surface area contributed by atoms with Crippen LogP contribution in [0.15, 0.2) is 16.8 Å². The van der Waals surface area contributed by atoms with E-state index in [9.17, 15) is 0 Å². The first-order valence-corrected chi connectivity index (χ1v) is 5.37. The van der Waals surface area contributed by atoms with Gasteiger partial charge in [0.25, 0.3) is 5.89 Å². The lowest BCUT2D eigenvalue weighted by atomic mass is 10.3. The molecular weight excluding hydrogens is 222 g/mol. The van der Waals surface area contributed by atoms with Gasteiger partial charge >= 0.3 is 0 Å². The van der Waals surface area contributed by atoms with E-state index in [0.29, 0.717) is 30.6 Å². The van der Waals surface area contributed by atoms with Crippen LogP contribution in [0.4, 0.5) is 0 Å². The second-order valence-corrected chi connectivity index (χ2v) is 3.60. The highest BCUT2D eigenvalue weighted by Crippen LogP contribution is 2.16. The second-order valence-electron chi connectivity index (χ2n) is 3.60. The molecule has 2 rings (SSSR count). The number of rotatable bonds is 5. The Labute approximate surface area is 98.6 Å². The SMILES string of the molecule is CCOCC(N)c1noc(-c2ccn(C)n2)n1. The predicted octanol–water partition coefficient (Wildman–Crippen LogP) is 0.506. The Morgan fingerprint density at radius 3 is 3.06 bits per heavy atom. The molecule has 7 heteroatoms. The number of aryl methyl sites for hydroxylation is 1. The Morgan fingerprint density at radius 1 is 1.59 bits per heavy atom. The van der Waals surface area contributed by atoms with Crippen LogP contribution in [-0.4, -0.2) is 33.1 Å². The number of nitrogens with two attached hydrogens (primary N) is 1. The van der Waals surface area contributed by atoms with Gasteiger partial charge in [0.15, 0.2) is 11.5 Å². The molecule has 92 valence electrons. The lowest BCUT2D eigenvalue weighted by Crippen LogP contribution is -2.18. The van der Waals surface area contributed by atoms with Crippen molar-refractivity contribution in [1.82, 2.24) is 19.9 Å². The van der Waals surface area contributed by atoms with Crippen LogP contribution >= 0.6 is 0 Å². The van der Waals surface area contributed by atoms with Crippen molar-refractivity contribution in [3.63, 3.8) is 0 Å². The minimum Gasteiger partial charge on any atom is -0.380 e. The molecule has 0 aromatic carbocycles. The van der Waals surface area contributed by atoms with Crippen LogP contribution in [0.2, 0.25) is 0 Å². The molecule has 17 heavy (non-hydrogen) atoms. The van der Waals surface area contributed by atoms with Crippen LogP contribution in [0, 0.1) is 0 Å². The molecular formula is C10H15N5O2. The fraction of sp³-hybridized carbons (Fsp3) is 0.500. The van der Waals surface area contributed by atoms with Crippen LogP contribution in [0.3, 0.4) is 0 Å². The first-order valence-electron chi connectivity index (χ1n) is 5.37. The van der Waals surface area contributed by atoms with E-state index >= 15 is 0 Å². The molecule has 2 N–H and O–H groups in total. The second kappa shape index (κ2) is 5.07. The van der Waals surface area contributed by atoms with Crippen molar-refractivity contribution in [3.05, 3.63) is 18.1 Å². The van der Waals surface area contributed by atoms with Gasteiger partial charge in [-0.15, -0.1) is 0 Å². The number of hydrogen-bond donors (Lipinski definition) is 1. The van der Waals surface area contributed by atoms with Gasteiger partial charge in [-0.3, -0.25) is 4.68 Å². The van der Waals surface area contributed by atoms with E-state index in [4.69, 9.17) is 15.0 Å². The van der Waals surface area contributed by atoms with Gasteiger partial charge in [0.1, 0.15) is 0 Å². The molecule has 0 radical (unpaired) electrons. The van der Waals surface area contributed by atoms with E-state index in [-0.39, 0.29) is 6.04 Å². The van der Waals surface area contributed by atoms with Gasteiger partial charge in [0, 0.05) is 19.9 Å². The maximum atomic E-state index is 5.84. The molecule has 0 saturated heterocycles. The third-order valence-corrected chi connectivity index (χ3v) is 2.21. The Kier molecular flexibility index (Phi) is 3.50. The zero-order valence-corrected chi connectivity index (χ0v) is 9.83. The van der Waals surface area contributed by atoms with Gasteiger partial charge < -0.3 is 15.0 Å². The molecule has 0 amide bonds. The fourth-order valence-electron chi connectivity index (χ4n) is 1.34. The number of aromatic nitrogens is 4. The summed E-state index contributed by atoms with van der Waals surface area (Å²) < 4.78 is 12.0. The van der Waals surface area contributed by atoms with E-state index in [1.54, 1.807) is 16.9 Å². The molecule has 0 spiro atoms. The fourth-order valence-corrected chi connectivity index (χ4v) is 1.34. The smallest absolute Gasteiger partial charge is 0.278 e.